The topological polar surface area (TPSA) is 53.5 Å². The van der Waals surface area contributed by atoms with Gasteiger partial charge in [-0.1, -0.05) is 43.7 Å². The Morgan fingerprint density at radius 3 is 2.54 bits per heavy atom. The van der Waals surface area contributed by atoms with Crippen LogP contribution < -0.4 is 10.6 Å². The van der Waals surface area contributed by atoms with Gasteiger partial charge in [0, 0.05) is 41.9 Å². The predicted molar refractivity (Wildman–Crippen MR) is 104 cm³/mol. The van der Waals surface area contributed by atoms with E-state index in [1.165, 1.54) is 25.7 Å². The molecule has 0 spiro atoms. The van der Waals surface area contributed by atoms with Gasteiger partial charge in [-0.2, -0.15) is 0 Å². The van der Waals surface area contributed by atoms with Crippen molar-refractivity contribution >= 4 is 16.8 Å². The summed E-state index contributed by atoms with van der Waals surface area (Å²) in [6, 6.07) is 10.0. The van der Waals surface area contributed by atoms with E-state index in [2.05, 4.69) is 24.5 Å². The maximum atomic E-state index is 12.2. The minimum absolute atomic E-state index is 0.429. The highest BCUT2D eigenvalue weighted by Crippen LogP contribution is 2.43. The van der Waals surface area contributed by atoms with Gasteiger partial charge in [-0.25, -0.2) is 0 Å². The van der Waals surface area contributed by atoms with Crippen LogP contribution in [-0.4, -0.2) is 35.6 Å². The van der Waals surface area contributed by atoms with E-state index in [0.717, 1.165) is 24.6 Å². The van der Waals surface area contributed by atoms with E-state index in [4.69, 9.17) is 4.99 Å². The summed E-state index contributed by atoms with van der Waals surface area (Å²) in [6.45, 7) is 6.76. The van der Waals surface area contributed by atoms with Gasteiger partial charge >= 0.3 is 0 Å². The lowest BCUT2D eigenvalue weighted by molar-refractivity contribution is 0.139. The number of aliphatic imine (C=N–C) groups is 1. The molecule has 0 aromatic heterocycles. The zero-order valence-corrected chi connectivity index (χ0v) is 15.8. The molecule has 5 heteroatoms. The molecule has 2 N–H and O–H groups in total. The molecule has 1 aliphatic carbocycles. The van der Waals surface area contributed by atoms with Crippen molar-refractivity contribution in [2.45, 2.75) is 45.3 Å². The Kier molecular flexibility index (Phi) is 7.76. The molecule has 1 aliphatic rings. The molecule has 1 saturated carbocycles. The lowest BCUT2D eigenvalue weighted by atomic mass is 9.67. The van der Waals surface area contributed by atoms with E-state index >= 15 is 0 Å². The molecule has 24 heavy (non-hydrogen) atoms. The van der Waals surface area contributed by atoms with Crippen LogP contribution >= 0.6 is 0 Å². The Morgan fingerprint density at radius 2 is 1.96 bits per heavy atom. The molecule has 0 aliphatic heterocycles. The Morgan fingerprint density at radius 1 is 1.21 bits per heavy atom. The van der Waals surface area contributed by atoms with Crippen LogP contribution in [0.2, 0.25) is 0 Å². The first-order chi connectivity index (χ1) is 11.7. The summed E-state index contributed by atoms with van der Waals surface area (Å²) in [5, 5.41) is 6.62. The van der Waals surface area contributed by atoms with Crippen LogP contribution in [0.15, 0.2) is 35.3 Å². The molecule has 0 heterocycles. The fourth-order valence-electron chi connectivity index (χ4n) is 3.00. The highest BCUT2D eigenvalue weighted by Gasteiger charge is 2.34. The Labute approximate surface area is 149 Å². The first-order valence-corrected chi connectivity index (χ1v) is 10.6. The molecule has 0 amide bonds. The molecule has 1 aromatic rings. The highest BCUT2D eigenvalue weighted by molar-refractivity contribution is 7.84. The van der Waals surface area contributed by atoms with Crippen molar-refractivity contribution in [1.29, 1.82) is 0 Å². The summed E-state index contributed by atoms with van der Waals surface area (Å²) in [5.41, 5.74) is 1.56. The second-order valence-electron chi connectivity index (χ2n) is 6.60. The van der Waals surface area contributed by atoms with Crippen LogP contribution in [-0.2, 0) is 16.6 Å². The van der Waals surface area contributed by atoms with Crippen molar-refractivity contribution in [3.05, 3.63) is 35.9 Å². The molecule has 0 saturated heterocycles. The number of rotatable bonds is 9. The van der Waals surface area contributed by atoms with Crippen molar-refractivity contribution in [3.8, 4) is 0 Å². The number of nitrogens with one attached hydrogen (secondary N) is 2. The largest absolute Gasteiger partial charge is 0.357 e. The first kappa shape index (κ1) is 19.0. The first-order valence-electron chi connectivity index (χ1n) is 9.08. The molecule has 1 unspecified atom stereocenters. The second-order valence-corrected chi connectivity index (χ2v) is 8.18. The maximum Gasteiger partial charge on any atom is 0.191 e. The lowest BCUT2D eigenvalue weighted by Crippen LogP contribution is -2.41. The quantitative estimate of drug-likeness (QED) is 0.532. The third-order valence-electron chi connectivity index (χ3n) is 4.87. The zero-order chi connectivity index (χ0) is 17.3. The molecule has 0 radical (unpaired) electrons. The van der Waals surface area contributed by atoms with Crippen LogP contribution in [0.1, 0.15) is 45.1 Å². The number of hydrogen-bond donors (Lipinski definition) is 2. The van der Waals surface area contributed by atoms with Gasteiger partial charge in [0.25, 0.3) is 0 Å². The third kappa shape index (κ3) is 5.93. The summed E-state index contributed by atoms with van der Waals surface area (Å²) >= 11 is 0. The average Bonchev–Trinajstić information content (AvgIpc) is 2.55. The summed E-state index contributed by atoms with van der Waals surface area (Å²) in [7, 11) is -0.850. The lowest BCUT2D eigenvalue weighted by Gasteiger charge is -2.40. The smallest absolute Gasteiger partial charge is 0.191 e. The van der Waals surface area contributed by atoms with Gasteiger partial charge in [0.2, 0.25) is 0 Å². The van der Waals surface area contributed by atoms with E-state index in [0.29, 0.717) is 23.5 Å². The molecule has 1 aromatic carbocycles. The van der Waals surface area contributed by atoms with Crippen LogP contribution in [0.3, 0.4) is 0 Å². The molecular weight excluding hydrogens is 318 g/mol. The van der Waals surface area contributed by atoms with Crippen molar-refractivity contribution in [1.82, 2.24) is 10.6 Å². The van der Waals surface area contributed by atoms with Gasteiger partial charge in [-0.3, -0.25) is 9.20 Å². The van der Waals surface area contributed by atoms with E-state index in [-0.39, 0.29) is 0 Å². The second kappa shape index (κ2) is 9.82. The molecule has 4 nitrogen and oxygen atoms in total. The summed E-state index contributed by atoms with van der Waals surface area (Å²) in [6.07, 6.45) is 5.14. The van der Waals surface area contributed by atoms with Gasteiger partial charge in [-0.15, -0.1) is 0 Å². The van der Waals surface area contributed by atoms with Crippen LogP contribution in [0.5, 0.6) is 0 Å². The van der Waals surface area contributed by atoms with Gasteiger partial charge in [-0.05, 0) is 37.2 Å². The van der Waals surface area contributed by atoms with Crippen LogP contribution in [0.4, 0.5) is 0 Å². The van der Waals surface area contributed by atoms with Crippen molar-refractivity contribution in [2.24, 2.45) is 10.4 Å². The van der Waals surface area contributed by atoms with Gasteiger partial charge < -0.3 is 10.6 Å². The van der Waals surface area contributed by atoms with Crippen LogP contribution in [0, 0.1) is 5.41 Å². The number of guanidine groups is 1. The standard InChI is InChI=1S/C19H31N3OS/c1-3-19(11-8-12-19)16-22-18(20-4-2)21-13-14-24(23)15-17-9-6-5-7-10-17/h5-7,9-10H,3-4,8,11-16H2,1-2H3,(H2,20,21,22). The molecule has 2 rings (SSSR count). The average molecular weight is 350 g/mol. The van der Waals surface area contributed by atoms with E-state index in [9.17, 15) is 4.21 Å². The highest BCUT2D eigenvalue weighted by atomic mass is 32.2. The van der Waals surface area contributed by atoms with Crippen molar-refractivity contribution < 1.29 is 4.21 Å². The fourth-order valence-corrected chi connectivity index (χ4v) is 4.04. The summed E-state index contributed by atoms with van der Waals surface area (Å²) < 4.78 is 12.2. The molecule has 1 atom stereocenters. The molecule has 0 bridgehead atoms. The van der Waals surface area contributed by atoms with Crippen LogP contribution in [0.25, 0.3) is 0 Å². The Bertz CT molecular complexity index is 535. The van der Waals surface area contributed by atoms with Gasteiger partial charge in [0.1, 0.15) is 0 Å². The Hall–Kier alpha value is -1.36. The molecule has 134 valence electrons. The summed E-state index contributed by atoms with van der Waals surface area (Å²) in [4.78, 5) is 4.75. The minimum atomic E-state index is -0.850. The zero-order valence-electron chi connectivity index (χ0n) is 15.0. The van der Waals surface area contributed by atoms with Crippen molar-refractivity contribution in [2.75, 3.05) is 25.4 Å². The SMILES string of the molecule is CCNC(=NCC1(CC)CCC1)NCCS(=O)Cc1ccccc1. The van der Waals surface area contributed by atoms with E-state index < -0.39 is 10.8 Å². The number of nitrogens with zero attached hydrogens (tertiary/aromatic N) is 1. The predicted octanol–water partition coefficient (Wildman–Crippen LogP) is 3.07. The van der Waals surface area contributed by atoms with E-state index in [1.54, 1.807) is 0 Å². The Balaban J connectivity index is 1.75. The summed E-state index contributed by atoms with van der Waals surface area (Å²) in [5.74, 6) is 2.11. The normalized spacial score (nSPS) is 17.8. The van der Waals surface area contributed by atoms with Crippen molar-refractivity contribution in [3.63, 3.8) is 0 Å². The maximum absolute atomic E-state index is 12.2. The number of benzene rings is 1. The fraction of sp³-hybridized carbons (Fsp3) is 0.632. The monoisotopic (exact) mass is 349 g/mol. The molecular formula is C19H31N3OS. The molecule has 1 fully saturated rings. The van der Waals surface area contributed by atoms with Gasteiger partial charge in [0.15, 0.2) is 5.96 Å². The van der Waals surface area contributed by atoms with E-state index in [1.807, 2.05) is 30.3 Å². The van der Waals surface area contributed by atoms with Gasteiger partial charge in [0.05, 0.1) is 0 Å². The number of hydrogen-bond acceptors (Lipinski definition) is 2. The third-order valence-corrected chi connectivity index (χ3v) is 6.19. The minimum Gasteiger partial charge on any atom is -0.357 e.